The molecule has 6 heteroatoms. The van der Waals surface area contributed by atoms with Gasteiger partial charge in [0.25, 0.3) is 0 Å². The van der Waals surface area contributed by atoms with E-state index >= 15 is 0 Å². The summed E-state index contributed by atoms with van der Waals surface area (Å²) in [7, 11) is 0. The number of hydrogen-bond donors (Lipinski definition) is 1. The molecule has 0 saturated heterocycles. The summed E-state index contributed by atoms with van der Waals surface area (Å²) in [6.45, 7) is 2.69. The maximum absolute atomic E-state index is 11.5. The second-order valence-electron chi connectivity index (χ2n) is 5.49. The number of nitrogens with zero attached hydrogens (tertiary/aromatic N) is 1. The van der Waals surface area contributed by atoms with Crippen LogP contribution in [0.4, 0.5) is 11.4 Å². The number of hydrogen-bond acceptors (Lipinski definition) is 5. The van der Waals surface area contributed by atoms with Crippen molar-refractivity contribution in [2.24, 2.45) is 0 Å². The van der Waals surface area contributed by atoms with Crippen molar-refractivity contribution >= 4 is 39.8 Å². The third-order valence-corrected chi connectivity index (χ3v) is 3.88. The molecule has 1 heterocycles. The minimum atomic E-state index is -1.31. The first-order valence-corrected chi connectivity index (χ1v) is 8.25. The standard InChI is InChI=1S/C19H17ClN2O3/c1-2-9-25-14-6-4-13(5-7-14)22-18-15-10-12(20)3-8-17(15)21-11-16(18)19(23)24/h3-8,10-11H,2,9H2,1H3,(H,21,22)(H,23,24)/p-1. The Hall–Kier alpha value is -2.79. The van der Waals surface area contributed by atoms with Crippen LogP contribution >= 0.6 is 11.6 Å². The molecule has 3 aromatic rings. The fourth-order valence-electron chi connectivity index (χ4n) is 2.45. The lowest BCUT2D eigenvalue weighted by Crippen LogP contribution is -2.23. The first-order valence-electron chi connectivity index (χ1n) is 7.88. The number of benzene rings is 2. The van der Waals surface area contributed by atoms with Crippen LogP contribution in [0.2, 0.25) is 5.02 Å². The average molecular weight is 356 g/mol. The number of carboxylic acids is 1. The summed E-state index contributed by atoms with van der Waals surface area (Å²) in [5.74, 6) is -0.546. The van der Waals surface area contributed by atoms with E-state index in [1.54, 1.807) is 18.2 Å². The quantitative estimate of drug-likeness (QED) is 0.728. The number of aromatic nitrogens is 1. The van der Waals surface area contributed by atoms with Crippen LogP contribution in [0.1, 0.15) is 23.7 Å². The Morgan fingerprint density at radius 2 is 2.00 bits per heavy atom. The molecular formula is C19H16ClN2O3-. The van der Waals surface area contributed by atoms with Gasteiger partial charge < -0.3 is 20.0 Å². The van der Waals surface area contributed by atoms with Crippen LogP contribution in [-0.4, -0.2) is 17.6 Å². The van der Waals surface area contributed by atoms with Gasteiger partial charge in [0.05, 0.1) is 23.8 Å². The lowest BCUT2D eigenvalue weighted by Gasteiger charge is -2.16. The van der Waals surface area contributed by atoms with Crippen LogP contribution < -0.4 is 15.2 Å². The van der Waals surface area contributed by atoms with Gasteiger partial charge in [0.15, 0.2) is 0 Å². The fourth-order valence-corrected chi connectivity index (χ4v) is 2.63. The topological polar surface area (TPSA) is 74.3 Å². The number of nitrogens with one attached hydrogen (secondary N) is 1. The molecule has 0 fully saturated rings. The van der Waals surface area contributed by atoms with Gasteiger partial charge in [0.1, 0.15) is 5.75 Å². The molecule has 0 aliphatic heterocycles. The summed E-state index contributed by atoms with van der Waals surface area (Å²) >= 11 is 6.06. The van der Waals surface area contributed by atoms with Crippen LogP contribution in [0, 0.1) is 0 Å². The Kier molecular flexibility index (Phi) is 5.05. The molecule has 0 amide bonds. The van der Waals surface area contributed by atoms with E-state index in [0.717, 1.165) is 17.9 Å². The molecule has 25 heavy (non-hydrogen) atoms. The van der Waals surface area contributed by atoms with Gasteiger partial charge in [-0.1, -0.05) is 18.5 Å². The number of fused-ring (bicyclic) bond motifs is 1. The van der Waals surface area contributed by atoms with E-state index in [1.807, 2.05) is 31.2 Å². The fraction of sp³-hybridized carbons (Fsp3) is 0.158. The zero-order chi connectivity index (χ0) is 17.8. The number of rotatable bonds is 6. The number of pyridine rings is 1. The molecule has 128 valence electrons. The Balaban J connectivity index is 2.00. The molecule has 2 aromatic carbocycles. The molecule has 0 aliphatic rings. The average Bonchev–Trinajstić information content (AvgIpc) is 2.61. The number of carbonyl (C=O) groups excluding carboxylic acids is 1. The van der Waals surface area contributed by atoms with Crippen molar-refractivity contribution in [3.8, 4) is 5.75 Å². The normalized spacial score (nSPS) is 10.6. The molecule has 0 unspecified atom stereocenters. The van der Waals surface area contributed by atoms with Crippen LogP contribution in [0.3, 0.4) is 0 Å². The van der Waals surface area contributed by atoms with Gasteiger partial charge in [-0.25, -0.2) is 0 Å². The molecule has 0 radical (unpaired) electrons. The minimum absolute atomic E-state index is 0.0268. The second kappa shape index (κ2) is 7.40. The number of ether oxygens (including phenoxy) is 1. The molecule has 1 N–H and O–H groups in total. The van der Waals surface area contributed by atoms with Crippen LogP contribution in [0.5, 0.6) is 5.75 Å². The Morgan fingerprint density at radius 1 is 1.24 bits per heavy atom. The minimum Gasteiger partial charge on any atom is -0.545 e. The van der Waals surface area contributed by atoms with Crippen molar-refractivity contribution in [1.82, 2.24) is 4.98 Å². The highest BCUT2D eigenvalue weighted by Crippen LogP contribution is 2.31. The number of anilines is 2. The van der Waals surface area contributed by atoms with Crippen molar-refractivity contribution in [2.45, 2.75) is 13.3 Å². The van der Waals surface area contributed by atoms with E-state index in [4.69, 9.17) is 16.3 Å². The summed E-state index contributed by atoms with van der Waals surface area (Å²) in [6.07, 6.45) is 2.21. The second-order valence-corrected chi connectivity index (χ2v) is 5.93. The van der Waals surface area contributed by atoms with E-state index in [-0.39, 0.29) is 5.56 Å². The zero-order valence-corrected chi connectivity index (χ0v) is 14.3. The zero-order valence-electron chi connectivity index (χ0n) is 13.6. The van der Waals surface area contributed by atoms with Crippen molar-refractivity contribution < 1.29 is 14.6 Å². The van der Waals surface area contributed by atoms with Gasteiger partial charge in [-0.2, -0.15) is 0 Å². The van der Waals surface area contributed by atoms with E-state index < -0.39 is 5.97 Å². The smallest absolute Gasteiger partial charge is 0.119 e. The monoisotopic (exact) mass is 355 g/mol. The summed E-state index contributed by atoms with van der Waals surface area (Å²) in [5, 5.41) is 15.7. The molecule has 0 aliphatic carbocycles. The highest BCUT2D eigenvalue weighted by molar-refractivity contribution is 6.31. The molecule has 3 rings (SSSR count). The van der Waals surface area contributed by atoms with Gasteiger partial charge >= 0.3 is 0 Å². The SMILES string of the molecule is CCCOc1ccc(Nc2c(C(=O)[O-])cnc3ccc(Cl)cc23)cc1. The molecular weight excluding hydrogens is 340 g/mol. The molecule has 1 aromatic heterocycles. The van der Waals surface area contributed by atoms with Crippen molar-refractivity contribution in [1.29, 1.82) is 0 Å². The first-order chi connectivity index (χ1) is 12.1. The molecule has 0 atom stereocenters. The van der Waals surface area contributed by atoms with Crippen LogP contribution in [0.25, 0.3) is 10.9 Å². The summed E-state index contributed by atoms with van der Waals surface area (Å²) in [4.78, 5) is 15.6. The summed E-state index contributed by atoms with van der Waals surface area (Å²) < 4.78 is 5.55. The highest BCUT2D eigenvalue weighted by atomic mass is 35.5. The lowest BCUT2D eigenvalue weighted by molar-refractivity contribution is -0.254. The first kappa shape index (κ1) is 17.0. The van der Waals surface area contributed by atoms with Gasteiger partial charge in [0.2, 0.25) is 0 Å². The van der Waals surface area contributed by atoms with E-state index in [0.29, 0.717) is 28.2 Å². The predicted molar refractivity (Wildman–Crippen MR) is 96.6 cm³/mol. The highest BCUT2D eigenvalue weighted by Gasteiger charge is 2.11. The largest absolute Gasteiger partial charge is 0.545 e. The Bertz CT molecular complexity index is 910. The van der Waals surface area contributed by atoms with Gasteiger partial charge in [-0.15, -0.1) is 0 Å². The van der Waals surface area contributed by atoms with Gasteiger partial charge in [0, 0.05) is 27.9 Å². The maximum atomic E-state index is 11.5. The third-order valence-electron chi connectivity index (χ3n) is 3.65. The Morgan fingerprint density at radius 3 is 2.68 bits per heavy atom. The number of carboxylic acid groups (broad SMARTS) is 1. The van der Waals surface area contributed by atoms with Gasteiger partial charge in [-0.3, -0.25) is 4.98 Å². The van der Waals surface area contributed by atoms with Crippen molar-refractivity contribution in [2.75, 3.05) is 11.9 Å². The van der Waals surface area contributed by atoms with Gasteiger partial charge in [-0.05, 0) is 48.9 Å². The lowest BCUT2D eigenvalue weighted by atomic mass is 10.1. The molecule has 5 nitrogen and oxygen atoms in total. The van der Waals surface area contributed by atoms with E-state index in [2.05, 4.69) is 10.3 Å². The maximum Gasteiger partial charge on any atom is 0.119 e. The number of aromatic carboxylic acids is 1. The third kappa shape index (κ3) is 3.83. The number of halogens is 1. The van der Waals surface area contributed by atoms with Crippen molar-refractivity contribution in [3.63, 3.8) is 0 Å². The van der Waals surface area contributed by atoms with Crippen LogP contribution in [-0.2, 0) is 0 Å². The van der Waals surface area contributed by atoms with Crippen LogP contribution in [0.15, 0.2) is 48.7 Å². The molecule has 0 bridgehead atoms. The number of carbonyl (C=O) groups is 1. The molecule has 0 saturated carbocycles. The summed E-state index contributed by atoms with van der Waals surface area (Å²) in [5.41, 5.74) is 1.73. The van der Waals surface area contributed by atoms with E-state index in [1.165, 1.54) is 6.20 Å². The van der Waals surface area contributed by atoms with E-state index in [9.17, 15) is 9.90 Å². The predicted octanol–water partition coefficient (Wildman–Crippen LogP) is 3.78. The van der Waals surface area contributed by atoms with Crippen molar-refractivity contribution in [3.05, 3.63) is 59.2 Å². The molecule has 0 spiro atoms. The summed E-state index contributed by atoms with van der Waals surface area (Å²) in [6, 6.07) is 12.4. The Labute approximate surface area is 150 Å².